The Bertz CT molecular complexity index is 434. The van der Waals surface area contributed by atoms with Crippen LogP contribution < -0.4 is 14.8 Å². The Morgan fingerprint density at radius 3 is 2.67 bits per heavy atom. The highest BCUT2D eigenvalue weighted by molar-refractivity contribution is 5.25. The van der Waals surface area contributed by atoms with E-state index in [-0.39, 0.29) is 6.04 Å². The Morgan fingerprint density at radius 1 is 1.29 bits per heavy atom. The first-order chi connectivity index (χ1) is 10.3. The fourth-order valence-electron chi connectivity index (χ4n) is 3.14. The number of hydrogen-bond donors (Lipinski definition) is 1. The van der Waals surface area contributed by atoms with Gasteiger partial charge in [-0.3, -0.25) is 0 Å². The fraction of sp³-hybridized carbons (Fsp3) is 0.750. The summed E-state index contributed by atoms with van der Waals surface area (Å²) >= 11 is 0. The van der Waals surface area contributed by atoms with Crippen LogP contribution >= 0.6 is 0 Å². The highest BCUT2D eigenvalue weighted by atomic mass is 16.5. The van der Waals surface area contributed by atoms with Gasteiger partial charge in [0.05, 0.1) is 26.5 Å². The van der Waals surface area contributed by atoms with Crippen molar-refractivity contribution in [1.82, 2.24) is 15.3 Å². The van der Waals surface area contributed by atoms with E-state index in [1.165, 1.54) is 32.1 Å². The smallest absolute Gasteiger partial charge is 0.240 e. The summed E-state index contributed by atoms with van der Waals surface area (Å²) in [6, 6.07) is 0.198. The van der Waals surface area contributed by atoms with Gasteiger partial charge >= 0.3 is 0 Å². The Labute approximate surface area is 127 Å². The van der Waals surface area contributed by atoms with Crippen molar-refractivity contribution in [1.29, 1.82) is 0 Å². The molecule has 1 heterocycles. The van der Waals surface area contributed by atoms with Gasteiger partial charge in [-0.2, -0.15) is 4.98 Å². The number of methoxy groups -OCH3 is 2. The monoisotopic (exact) mass is 293 g/mol. The van der Waals surface area contributed by atoms with Crippen molar-refractivity contribution in [3.8, 4) is 11.8 Å². The number of rotatable bonds is 8. The van der Waals surface area contributed by atoms with E-state index in [0.29, 0.717) is 11.8 Å². The van der Waals surface area contributed by atoms with E-state index in [4.69, 9.17) is 9.47 Å². The van der Waals surface area contributed by atoms with Crippen LogP contribution in [-0.2, 0) is 0 Å². The van der Waals surface area contributed by atoms with E-state index in [0.717, 1.165) is 24.6 Å². The average molecular weight is 293 g/mol. The Hall–Kier alpha value is -1.36. The van der Waals surface area contributed by atoms with Crippen LogP contribution in [0.4, 0.5) is 0 Å². The van der Waals surface area contributed by atoms with E-state index < -0.39 is 0 Å². The van der Waals surface area contributed by atoms with E-state index in [2.05, 4.69) is 22.2 Å². The molecule has 1 aromatic heterocycles. The third kappa shape index (κ3) is 4.30. The summed E-state index contributed by atoms with van der Waals surface area (Å²) in [6.07, 6.45) is 9.53. The molecule has 0 spiro atoms. The summed E-state index contributed by atoms with van der Waals surface area (Å²) in [5, 5.41) is 3.51. The standard InChI is InChI=1S/C16H27N3O2/c1-4-17-13(10-9-12-7-5-6-8-12)15-16(21-3)19-14(20-2)11-18-15/h11-13,17H,4-10H2,1-3H3. The van der Waals surface area contributed by atoms with Crippen LogP contribution in [0.3, 0.4) is 0 Å². The zero-order valence-corrected chi connectivity index (χ0v) is 13.4. The fourth-order valence-corrected chi connectivity index (χ4v) is 3.14. The summed E-state index contributed by atoms with van der Waals surface area (Å²) in [7, 11) is 3.22. The van der Waals surface area contributed by atoms with Gasteiger partial charge < -0.3 is 14.8 Å². The summed E-state index contributed by atoms with van der Waals surface area (Å²) in [5.41, 5.74) is 0.887. The van der Waals surface area contributed by atoms with Gasteiger partial charge in [-0.1, -0.05) is 32.6 Å². The minimum atomic E-state index is 0.198. The van der Waals surface area contributed by atoms with Crippen LogP contribution in [-0.4, -0.2) is 30.7 Å². The highest BCUT2D eigenvalue weighted by Gasteiger charge is 2.22. The zero-order chi connectivity index (χ0) is 15.1. The van der Waals surface area contributed by atoms with Crippen LogP contribution in [0.2, 0.25) is 0 Å². The lowest BCUT2D eigenvalue weighted by molar-refractivity contribution is 0.341. The predicted molar refractivity (Wildman–Crippen MR) is 82.7 cm³/mol. The number of nitrogens with zero attached hydrogens (tertiary/aromatic N) is 2. The van der Waals surface area contributed by atoms with Crippen LogP contribution in [0, 0.1) is 5.92 Å². The second-order valence-corrected chi connectivity index (χ2v) is 5.64. The molecule has 5 nitrogen and oxygen atoms in total. The zero-order valence-electron chi connectivity index (χ0n) is 13.4. The number of hydrogen-bond acceptors (Lipinski definition) is 5. The molecule has 1 aromatic rings. The van der Waals surface area contributed by atoms with E-state index in [9.17, 15) is 0 Å². The first kappa shape index (κ1) is 16.0. The van der Waals surface area contributed by atoms with Gasteiger partial charge in [-0.05, 0) is 25.3 Å². The lowest BCUT2D eigenvalue weighted by atomic mass is 9.97. The summed E-state index contributed by atoms with van der Waals surface area (Å²) in [5.74, 6) is 1.93. The highest BCUT2D eigenvalue weighted by Crippen LogP contribution is 2.33. The van der Waals surface area contributed by atoms with Crippen molar-refractivity contribution in [3.05, 3.63) is 11.9 Å². The molecule has 0 radical (unpaired) electrons. The molecule has 1 aliphatic carbocycles. The molecule has 1 unspecified atom stereocenters. The normalized spacial score (nSPS) is 16.9. The lowest BCUT2D eigenvalue weighted by Crippen LogP contribution is -2.23. The maximum atomic E-state index is 5.39. The van der Waals surface area contributed by atoms with E-state index in [1.54, 1.807) is 20.4 Å². The van der Waals surface area contributed by atoms with Crippen LogP contribution in [0.25, 0.3) is 0 Å². The topological polar surface area (TPSA) is 56.3 Å². The number of aromatic nitrogens is 2. The average Bonchev–Trinajstić information content (AvgIpc) is 3.04. The first-order valence-corrected chi connectivity index (χ1v) is 7.96. The van der Waals surface area contributed by atoms with Crippen molar-refractivity contribution >= 4 is 0 Å². The van der Waals surface area contributed by atoms with Crippen molar-refractivity contribution in [2.75, 3.05) is 20.8 Å². The third-order valence-electron chi connectivity index (χ3n) is 4.27. The van der Waals surface area contributed by atoms with Gasteiger partial charge in [-0.25, -0.2) is 4.98 Å². The van der Waals surface area contributed by atoms with Crippen LogP contribution in [0.15, 0.2) is 6.20 Å². The van der Waals surface area contributed by atoms with Gasteiger partial charge in [0, 0.05) is 0 Å². The summed E-state index contributed by atoms with van der Waals surface area (Å²) < 4.78 is 10.5. The molecule has 1 fully saturated rings. The molecule has 1 N–H and O–H groups in total. The number of ether oxygens (including phenoxy) is 2. The Balaban J connectivity index is 2.08. The van der Waals surface area contributed by atoms with Crippen molar-refractivity contribution < 1.29 is 9.47 Å². The number of nitrogens with one attached hydrogen (secondary N) is 1. The minimum Gasteiger partial charge on any atom is -0.480 e. The first-order valence-electron chi connectivity index (χ1n) is 7.96. The molecule has 118 valence electrons. The quantitative estimate of drug-likeness (QED) is 0.798. The van der Waals surface area contributed by atoms with Gasteiger partial charge in [0.15, 0.2) is 0 Å². The summed E-state index contributed by atoms with van der Waals surface area (Å²) in [6.45, 7) is 3.03. The molecule has 21 heavy (non-hydrogen) atoms. The molecule has 1 atom stereocenters. The Kier molecular flexibility index (Phi) is 6.23. The molecular weight excluding hydrogens is 266 g/mol. The van der Waals surface area contributed by atoms with E-state index in [1.807, 2.05) is 0 Å². The van der Waals surface area contributed by atoms with Crippen molar-refractivity contribution in [2.24, 2.45) is 5.92 Å². The molecule has 0 saturated heterocycles. The molecule has 5 heteroatoms. The predicted octanol–water partition coefficient (Wildman–Crippen LogP) is 3.11. The SMILES string of the molecule is CCNC(CCC1CCCC1)c1ncc(OC)nc1OC. The maximum absolute atomic E-state index is 5.39. The second-order valence-electron chi connectivity index (χ2n) is 5.64. The summed E-state index contributed by atoms with van der Waals surface area (Å²) in [4.78, 5) is 8.86. The molecule has 1 saturated carbocycles. The molecule has 0 bridgehead atoms. The van der Waals surface area contributed by atoms with Crippen LogP contribution in [0.5, 0.6) is 11.8 Å². The van der Waals surface area contributed by atoms with Gasteiger partial charge in [-0.15, -0.1) is 0 Å². The molecule has 2 rings (SSSR count). The lowest BCUT2D eigenvalue weighted by Gasteiger charge is -2.20. The maximum Gasteiger partial charge on any atom is 0.240 e. The molecule has 0 aromatic carbocycles. The van der Waals surface area contributed by atoms with Crippen molar-refractivity contribution in [2.45, 2.75) is 51.5 Å². The van der Waals surface area contributed by atoms with Gasteiger partial charge in [0.25, 0.3) is 0 Å². The molecule has 0 amide bonds. The molecule has 0 aliphatic heterocycles. The minimum absolute atomic E-state index is 0.198. The molecule has 1 aliphatic rings. The van der Waals surface area contributed by atoms with Crippen molar-refractivity contribution in [3.63, 3.8) is 0 Å². The molecular formula is C16H27N3O2. The third-order valence-corrected chi connectivity index (χ3v) is 4.27. The Morgan fingerprint density at radius 2 is 2.05 bits per heavy atom. The van der Waals surface area contributed by atoms with Crippen LogP contribution in [0.1, 0.15) is 57.2 Å². The largest absolute Gasteiger partial charge is 0.480 e. The van der Waals surface area contributed by atoms with Gasteiger partial charge in [0.2, 0.25) is 11.8 Å². The second kappa shape index (κ2) is 8.17. The van der Waals surface area contributed by atoms with E-state index >= 15 is 0 Å². The van der Waals surface area contributed by atoms with Gasteiger partial charge in [0.1, 0.15) is 5.69 Å².